The number of hydrogen-bond donors (Lipinski definition) is 2. The second kappa shape index (κ2) is 9.27. The number of nitrogens with zero attached hydrogens (tertiary/aromatic N) is 1. The fourth-order valence-electron chi connectivity index (χ4n) is 2.97. The van der Waals surface area contributed by atoms with Crippen molar-refractivity contribution >= 4 is 29.3 Å². The van der Waals surface area contributed by atoms with E-state index in [4.69, 9.17) is 21.1 Å². The first-order chi connectivity index (χ1) is 14.4. The third-order valence-corrected chi connectivity index (χ3v) is 4.54. The Bertz CT molecular complexity index is 1010. The number of benzene rings is 2. The molecule has 1 atom stereocenters. The summed E-state index contributed by atoms with van der Waals surface area (Å²) < 4.78 is 10.7. The lowest BCUT2D eigenvalue weighted by molar-refractivity contribution is -0.385. The Morgan fingerprint density at radius 1 is 1.20 bits per heavy atom. The lowest BCUT2D eigenvalue weighted by atomic mass is 9.95. The average Bonchev–Trinajstić information content (AvgIpc) is 2.72. The molecule has 0 spiro atoms. The molecule has 0 saturated heterocycles. The van der Waals surface area contributed by atoms with Crippen LogP contribution in [0.3, 0.4) is 0 Å². The number of esters is 1. The Morgan fingerprint density at radius 3 is 2.57 bits per heavy atom. The smallest absolute Gasteiger partial charge is 0.338 e. The van der Waals surface area contributed by atoms with E-state index in [1.807, 2.05) is 0 Å². The number of nitrogens with one attached hydrogen (secondary N) is 2. The maximum atomic E-state index is 12.7. The molecule has 30 heavy (non-hydrogen) atoms. The number of urea groups is 1. The van der Waals surface area contributed by atoms with Crippen LogP contribution in [0.2, 0.25) is 5.02 Å². The molecular weight excluding hydrogens is 414 g/mol. The highest BCUT2D eigenvalue weighted by Gasteiger charge is 2.34. The SMILES string of the molecule is CCOC(=O)C1=C(COc2ccccc2[N+](=O)[O-])NC(=O)NC1c1ccc(Cl)cc1. The van der Waals surface area contributed by atoms with Crippen LogP contribution in [0.15, 0.2) is 59.8 Å². The maximum absolute atomic E-state index is 12.7. The molecule has 3 rings (SSSR count). The number of ether oxygens (including phenoxy) is 2. The van der Waals surface area contributed by atoms with Crippen LogP contribution in [0, 0.1) is 10.1 Å². The van der Waals surface area contributed by atoms with E-state index in [1.54, 1.807) is 37.3 Å². The molecule has 0 fully saturated rings. The number of nitro benzene ring substituents is 1. The molecule has 2 aromatic carbocycles. The predicted octanol–water partition coefficient (Wildman–Crippen LogP) is 3.50. The van der Waals surface area contributed by atoms with Gasteiger partial charge in [-0.15, -0.1) is 0 Å². The Kier molecular flexibility index (Phi) is 6.53. The molecule has 0 radical (unpaired) electrons. The van der Waals surface area contributed by atoms with Crippen LogP contribution >= 0.6 is 11.6 Å². The van der Waals surface area contributed by atoms with Gasteiger partial charge in [0.2, 0.25) is 0 Å². The van der Waals surface area contributed by atoms with Crippen molar-refractivity contribution in [3.63, 3.8) is 0 Å². The van der Waals surface area contributed by atoms with E-state index in [-0.39, 0.29) is 35.9 Å². The molecular formula is C20H18ClN3O6. The first-order valence-corrected chi connectivity index (χ1v) is 9.37. The molecule has 0 aliphatic carbocycles. The summed E-state index contributed by atoms with van der Waals surface area (Å²) in [7, 11) is 0. The number of nitro groups is 1. The second-order valence-corrected chi connectivity index (χ2v) is 6.65. The van der Waals surface area contributed by atoms with Crippen LogP contribution < -0.4 is 15.4 Å². The Balaban J connectivity index is 1.99. The largest absolute Gasteiger partial charge is 0.480 e. The van der Waals surface area contributed by atoms with Gasteiger partial charge in [0.1, 0.15) is 6.61 Å². The zero-order chi connectivity index (χ0) is 21.7. The standard InChI is InChI=1S/C20H18ClN3O6/c1-2-29-19(25)17-14(11-30-16-6-4-3-5-15(16)24(27)28)22-20(26)23-18(17)12-7-9-13(21)10-8-12/h3-10,18H,2,11H2,1H3,(H2,22,23,26). The quantitative estimate of drug-likeness (QED) is 0.393. The van der Waals surface area contributed by atoms with E-state index in [1.165, 1.54) is 18.2 Å². The van der Waals surface area contributed by atoms with Crippen LogP contribution in [0.25, 0.3) is 0 Å². The summed E-state index contributed by atoms with van der Waals surface area (Å²) in [6.07, 6.45) is 0. The molecule has 156 valence electrons. The van der Waals surface area contributed by atoms with Crippen molar-refractivity contribution in [3.05, 3.63) is 80.5 Å². The van der Waals surface area contributed by atoms with Gasteiger partial charge in [0.15, 0.2) is 5.75 Å². The van der Waals surface area contributed by atoms with E-state index >= 15 is 0 Å². The Hall–Kier alpha value is -3.59. The molecule has 2 amide bonds. The fraction of sp³-hybridized carbons (Fsp3) is 0.200. The number of carbonyl (C=O) groups is 2. The van der Waals surface area contributed by atoms with Gasteiger partial charge in [-0.1, -0.05) is 35.9 Å². The minimum absolute atomic E-state index is 0.00836. The van der Waals surface area contributed by atoms with Gasteiger partial charge in [-0.2, -0.15) is 0 Å². The van der Waals surface area contributed by atoms with Crippen molar-refractivity contribution in [2.45, 2.75) is 13.0 Å². The van der Waals surface area contributed by atoms with Gasteiger partial charge in [0.05, 0.1) is 28.8 Å². The zero-order valence-electron chi connectivity index (χ0n) is 15.9. The van der Waals surface area contributed by atoms with E-state index in [2.05, 4.69) is 10.6 Å². The number of carbonyl (C=O) groups excluding carboxylic acids is 2. The van der Waals surface area contributed by atoms with Crippen LogP contribution in [-0.4, -0.2) is 30.1 Å². The van der Waals surface area contributed by atoms with Crippen molar-refractivity contribution in [1.82, 2.24) is 10.6 Å². The highest BCUT2D eigenvalue weighted by molar-refractivity contribution is 6.30. The molecule has 9 nitrogen and oxygen atoms in total. The highest BCUT2D eigenvalue weighted by Crippen LogP contribution is 2.30. The van der Waals surface area contributed by atoms with Crippen LogP contribution in [0.5, 0.6) is 5.75 Å². The summed E-state index contributed by atoms with van der Waals surface area (Å²) in [5.74, 6) is -0.639. The molecule has 10 heteroatoms. The Labute approximate surface area is 176 Å². The van der Waals surface area contributed by atoms with Gasteiger partial charge in [-0.25, -0.2) is 9.59 Å². The summed E-state index contributed by atoms with van der Waals surface area (Å²) in [5.41, 5.74) is 0.665. The number of amides is 2. The number of para-hydroxylation sites is 2. The lowest BCUT2D eigenvalue weighted by Gasteiger charge is -2.29. The number of halogens is 1. The third-order valence-electron chi connectivity index (χ3n) is 4.29. The number of hydrogen-bond acceptors (Lipinski definition) is 6. The maximum Gasteiger partial charge on any atom is 0.338 e. The topological polar surface area (TPSA) is 120 Å². The highest BCUT2D eigenvalue weighted by atomic mass is 35.5. The molecule has 1 heterocycles. The Morgan fingerprint density at radius 2 is 1.90 bits per heavy atom. The number of rotatable bonds is 7. The van der Waals surface area contributed by atoms with Crippen molar-refractivity contribution in [3.8, 4) is 5.75 Å². The second-order valence-electron chi connectivity index (χ2n) is 6.21. The van der Waals surface area contributed by atoms with E-state index in [9.17, 15) is 19.7 Å². The summed E-state index contributed by atoms with van der Waals surface area (Å²) >= 11 is 5.94. The molecule has 1 aliphatic heterocycles. The molecule has 0 aromatic heterocycles. The monoisotopic (exact) mass is 431 g/mol. The van der Waals surface area contributed by atoms with Crippen LogP contribution in [0.1, 0.15) is 18.5 Å². The van der Waals surface area contributed by atoms with Gasteiger partial charge < -0.3 is 20.1 Å². The predicted molar refractivity (Wildman–Crippen MR) is 108 cm³/mol. The molecule has 2 aromatic rings. The van der Waals surface area contributed by atoms with Crippen LogP contribution in [0.4, 0.5) is 10.5 Å². The van der Waals surface area contributed by atoms with Crippen molar-refractivity contribution in [2.24, 2.45) is 0 Å². The minimum Gasteiger partial charge on any atom is -0.480 e. The average molecular weight is 432 g/mol. The van der Waals surface area contributed by atoms with Crippen molar-refractivity contribution < 1.29 is 24.0 Å². The summed E-state index contributed by atoms with van der Waals surface area (Å²) in [6.45, 7) is 1.51. The van der Waals surface area contributed by atoms with Gasteiger partial charge in [-0.3, -0.25) is 10.1 Å². The van der Waals surface area contributed by atoms with Crippen LogP contribution in [-0.2, 0) is 9.53 Å². The van der Waals surface area contributed by atoms with E-state index < -0.39 is 23.0 Å². The molecule has 1 aliphatic rings. The summed E-state index contributed by atoms with van der Waals surface area (Å²) in [5, 5.41) is 16.9. The zero-order valence-corrected chi connectivity index (χ0v) is 16.6. The first-order valence-electron chi connectivity index (χ1n) is 9.00. The van der Waals surface area contributed by atoms with E-state index in [0.29, 0.717) is 10.6 Å². The first kappa shape index (κ1) is 21.1. The van der Waals surface area contributed by atoms with Crippen molar-refractivity contribution in [1.29, 1.82) is 0 Å². The van der Waals surface area contributed by atoms with Gasteiger partial charge in [0.25, 0.3) is 0 Å². The van der Waals surface area contributed by atoms with Gasteiger partial charge in [-0.05, 0) is 30.7 Å². The minimum atomic E-state index is -0.806. The molecule has 0 bridgehead atoms. The third kappa shape index (κ3) is 4.69. The molecule has 1 unspecified atom stereocenters. The molecule has 0 saturated carbocycles. The van der Waals surface area contributed by atoms with E-state index in [0.717, 1.165) is 0 Å². The van der Waals surface area contributed by atoms with Gasteiger partial charge in [0, 0.05) is 11.1 Å². The lowest BCUT2D eigenvalue weighted by Crippen LogP contribution is -2.47. The van der Waals surface area contributed by atoms with Gasteiger partial charge >= 0.3 is 17.7 Å². The van der Waals surface area contributed by atoms with Crippen molar-refractivity contribution in [2.75, 3.05) is 13.2 Å². The summed E-state index contributed by atoms with van der Waals surface area (Å²) in [4.78, 5) is 35.5. The summed E-state index contributed by atoms with van der Waals surface area (Å²) in [6, 6.07) is 11.1. The fourth-order valence-corrected chi connectivity index (χ4v) is 3.09. The molecule has 2 N–H and O–H groups in total. The normalized spacial score (nSPS) is 15.8.